The summed E-state index contributed by atoms with van der Waals surface area (Å²) >= 11 is 0. The average Bonchev–Trinajstić information content (AvgIpc) is 3.04. The molecular formula is C18H21N5O. The highest BCUT2D eigenvalue weighted by Crippen LogP contribution is 2.16. The summed E-state index contributed by atoms with van der Waals surface area (Å²) in [5.74, 6) is 1.11. The summed E-state index contributed by atoms with van der Waals surface area (Å²) in [6, 6.07) is 14.1. The highest BCUT2D eigenvalue weighted by atomic mass is 16.5. The minimum atomic E-state index is 0.522. The topological polar surface area (TPSA) is 58.3 Å². The molecule has 0 fully saturated rings. The predicted molar refractivity (Wildman–Crippen MR) is 93.5 cm³/mol. The fraction of sp³-hybridized carbons (Fsp3) is 0.278. The van der Waals surface area contributed by atoms with Gasteiger partial charge in [-0.25, -0.2) is 0 Å². The third kappa shape index (κ3) is 3.97. The summed E-state index contributed by atoms with van der Waals surface area (Å²) in [4.78, 5) is 12.9. The van der Waals surface area contributed by atoms with Crippen LogP contribution >= 0.6 is 0 Å². The molecule has 1 aromatic carbocycles. The van der Waals surface area contributed by atoms with Crippen LogP contribution in [-0.2, 0) is 13.1 Å². The number of aromatic nitrogens is 3. The third-order valence-corrected chi connectivity index (χ3v) is 3.65. The molecule has 0 amide bonds. The van der Waals surface area contributed by atoms with E-state index >= 15 is 0 Å². The van der Waals surface area contributed by atoms with Crippen LogP contribution in [0.1, 0.15) is 11.5 Å². The van der Waals surface area contributed by atoms with Gasteiger partial charge in [-0.05, 0) is 36.9 Å². The lowest BCUT2D eigenvalue weighted by molar-refractivity contribution is 0.261. The Morgan fingerprint density at radius 1 is 1.00 bits per heavy atom. The van der Waals surface area contributed by atoms with Crippen molar-refractivity contribution in [2.75, 3.05) is 26.0 Å². The van der Waals surface area contributed by atoms with Gasteiger partial charge in [0.1, 0.15) is 5.69 Å². The number of nitrogens with zero attached hydrogens (tertiary/aromatic N) is 5. The Kier molecular flexibility index (Phi) is 4.86. The van der Waals surface area contributed by atoms with E-state index in [-0.39, 0.29) is 0 Å². The van der Waals surface area contributed by atoms with Gasteiger partial charge in [0, 0.05) is 32.5 Å². The zero-order valence-corrected chi connectivity index (χ0v) is 14.2. The first kappa shape index (κ1) is 16.1. The molecule has 2 aromatic heterocycles. The zero-order chi connectivity index (χ0) is 16.9. The maximum absolute atomic E-state index is 5.34. The maximum Gasteiger partial charge on any atom is 0.241 e. The van der Waals surface area contributed by atoms with Gasteiger partial charge < -0.3 is 9.42 Å². The normalized spacial score (nSPS) is 11.0. The highest BCUT2D eigenvalue weighted by molar-refractivity contribution is 5.47. The van der Waals surface area contributed by atoms with Crippen molar-refractivity contribution in [2.24, 2.45) is 0 Å². The van der Waals surface area contributed by atoms with E-state index in [1.807, 2.05) is 39.3 Å². The van der Waals surface area contributed by atoms with Crippen LogP contribution in [-0.4, -0.2) is 41.2 Å². The maximum atomic E-state index is 5.34. The van der Waals surface area contributed by atoms with Crippen LogP contribution in [0.5, 0.6) is 0 Å². The van der Waals surface area contributed by atoms with Crippen LogP contribution in [0, 0.1) is 0 Å². The van der Waals surface area contributed by atoms with E-state index in [0.29, 0.717) is 24.0 Å². The SMILES string of the molecule is CN(Cc1cccc(N(C)C)c1)Cc1nc(-c2ccccn2)no1. The molecule has 0 saturated carbocycles. The first-order chi connectivity index (χ1) is 11.6. The van der Waals surface area contributed by atoms with Gasteiger partial charge in [0.25, 0.3) is 0 Å². The Morgan fingerprint density at radius 3 is 2.62 bits per heavy atom. The Hall–Kier alpha value is -2.73. The van der Waals surface area contributed by atoms with Crippen LogP contribution in [0.15, 0.2) is 53.2 Å². The predicted octanol–water partition coefficient (Wildman–Crippen LogP) is 2.83. The average molecular weight is 323 g/mol. The van der Waals surface area contributed by atoms with Crippen LogP contribution in [0.4, 0.5) is 5.69 Å². The molecule has 3 aromatic rings. The fourth-order valence-electron chi connectivity index (χ4n) is 2.45. The van der Waals surface area contributed by atoms with E-state index in [4.69, 9.17) is 4.52 Å². The van der Waals surface area contributed by atoms with Gasteiger partial charge in [-0.3, -0.25) is 9.88 Å². The lowest BCUT2D eigenvalue weighted by Gasteiger charge is -2.17. The highest BCUT2D eigenvalue weighted by Gasteiger charge is 2.12. The number of rotatable bonds is 6. The molecular weight excluding hydrogens is 302 g/mol. The van der Waals surface area contributed by atoms with E-state index in [2.05, 4.69) is 49.2 Å². The molecule has 0 spiro atoms. The molecule has 0 N–H and O–H groups in total. The molecule has 6 nitrogen and oxygen atoms in total. The van der Waals surface area contributed by atoms with Crippen molar-refractivity contribution in [1.29, 1.82) is 0 Å². The largest absolute Gasteiger partial charge is 0.378 e. The molecule has 0 aliphatic heterocycles. The van der Waals surface area contributed by atoms with Gasteiger partial charge in [0.15, 0.2) is 0 Å². The molecule has 0 aliphatic carbocycles. The molecule has 6 heteroatoms. The van der Waals surface area contributed by atoms with Crippen molar-refractivity contribution < 1.29 is 4.52 Å². The van der Waals surface area contributed by atoms with Gasteiger partial charge in [0.2, 0.25) is 11.7 Å². The number of benzene rings is 1. The van der Waals surface area contributed by atoms with E-state index in [1.54, 1.807) is 6.20 Å². The minimum absolute atomic E-state index is 0.522. The molecule has 0 unspecified atom stereocenters. The second kappa shape index (κ2) is 7.23. The molecule has 0 saturated heterocycles. The lowest BCUT2D eigenvalue weighted by atomic mass is 10.2. The molecule has 124 valence electrons. The summed E-state index contributed by atoms with van der Waals surface area (Å²) < 4.78 is 5.34. The minimum Gasteiger partial charge on any atom is -0.378 e. The smallest absolute Gasteiger partial charge is 0.241 e. The van der Waals surface area contributed by atoms with Crippen molar-refractivity contribution in [3.63, 3.8) is 0 Å². The first-order valence-electron chi connectivity index (χ1n) is 7.80. The van der Waals surface area contributed by atoms with Crippen molar-refractivity contribution in [3.05, 3.63) is 60.1 Å². The number of anilines is 1. The van der Waals surface area contributed by atoms with Crippen LogP contribution in [0.2, 0.25) is 0 Å². The van der Waals surface area contributed by atoms with Crippen LogP contribution in [0.3, 0.4) is 0 Å². The Bertz CT molecular complexity index is 785. The number of hydrogen-bond acceptors (Lipinski definition) is 6. The molecule has 0 aliphatic rings. The Morgan fingerprint density at radius 2 is 1.88 bits per heavy atom. The molecule has 24 heavy (non-hydrogen) atoms. The summed E-state index contributed by atoms with van der Waals surface area (Å²) in [7, 11) is 6.12. The van der Waals surface area contributed by atoms with Crippen molar-refractivity contribution in [2.45, 2.75) is 13.1 Å². The summed E-state index contributed by atoms with van der Waals surface area (Å²) in [6.07, 6.45) is 1.72. The van der Waals surface area contributed by atoms with Gasteiger partial charge in [0.05, 0.1) is 6.54 Å². The van der Waals surface area contributed by atoms with E-state index < -0.39 is 0 Å². The van der Waals surface area contributed by atoms with Crippen LogP contribution in [0.25, 0.3) is 11.5 Å². The van der Waals surface area contributed by atoms with Crippen molar-refractivity contribution in [3.8, 4) is 11.5 Å². The van der Waals surface area contributed by atoms with Gasteiger partial charge in [-0.15, -0.1) is 0 Å². The fourth-order valence-corrected chi connectivity index (χ4v) is 2.45. The van der Waals surface area contributed by atoms with Gasteiger partial charge in [-0.1, -0.05) is 23.4 Å². The second-order valence-corrected chi connectivity index (χ2v) is 5.96. The van der Waals surface area contributed by atoms with Crippen LogP contribution < -0.4 is 4.90 Å². The van der Waals surface area contributed by atoms with E-state index in [1.165, 1.54) is 11.3 Å². The summed E-state index contributed by atoms with van der Waals surface area (Å²) in [5, 5.41) is 4.00. The van der Waals surface area contributed by atoms with Gasteiger partial charge in [-0.2, -0.15) is 4.98 Å². The quantitative estimate of drug-likeness (QED) is 0.695. The van der Waals surface area contributed by atoms with Crippen molar-refractivity contribution in [1.82, 2.24) is 20.0 Å². The monoisotopic (exact) mass is 323 g/mol. The summed E-state index contributed by atoms with van der Waals surface area (Å²) in [6.45, 7) is 1.40. The number of hydrogen-bond donors (Lipinski definition) is 0. The van der Waals surface area contributed by atoms with Crippen molar-refractivity contribution >= 4 is 5.69 Å². The molecule has 0 atom stereocenters. The molecule has 0 bridgehead atoms. The zero-order valence-electron chi connectivity index (χ0n) is 14.2. The Labute approximate surface area is 141 Å². The third-order valence-electron chi connectivity index (χ3n) is 3.65. The van der Waals surface area contributed by atoms with E-state index in [9.17, 15) is 0 Å². The standard InChI is InChI=1S/C18H21N5O/c1-22(2)15-8-6-7-14(11-15)12-23(3)13-17-20-18(21-24-17)16-9-4-5-10-19-16/h4-11H,12-13H2,1-3H3. The first-order valence-corrected chi connectivity index (χ1v) is 7.80. The summed E-state index contributed by atoms with van der Waals surface area (Å²) in [5.41, 5.74) is 3.15. The van der Waals surface area contributed by atoms with E-state index in [0.717, 1.165) is 6.54 Å². The Balaban J connectivity index is 1.64. The molecule has 2 heterocycles. The number of pyridine rings is 1. The molecule has 0 radical (unpaired) electrons. The van der Waals surface area contributed by atoms with Gasteiger partial charge >= 0.3 is 0 Å². The second-order valence-electron chi connectivity index (χ2n) is 5.96. The lowest BCUT2D eigenvalue weighted by Crippen LogP contribution is -2.18. The molecule has 3 rings (SSSR count).